The molecule has 5 rings (SSSR count). The fourth-order valence-electron chi connectivity index (χ4n) is 3.81. The van der Waals surface area contributed by atoms with E-state index in [1.54, 1.807) is 17.2 Å². The van der Waals surface area contributed by atoms with Crippen LogP contribution in [0.25, 0.3) is 10.2 Å². The van der Waals surface area contributed by atoms with Crippen molar-refractivity contribution in [2.75, 3.05) is 32.8 Å². The molecule has 1 atom stereocenters. The topological polar surface area (TPSA) is 118 Å². The summed E-state index contributed by atoms with van der Waals surface area (Å²) in [6.45, 7) is 1.09. The number of nitrogens with one attached hydrogen (secondary N) is 1. The van der Waals surface area contributed by atoms with Gasteiger partial charge in [-0.05, 0) is 18.9 Å². The van der Waals surface area contributed by atoms with Crippen molar-refractivity contribution < 1.29 is 24.0 Å². The number of ether oxygens (including phenoxy) is 1. The first kappa shape index (κ1) is 20.1. The number of thiophene rings is 1. The first-order valence-corrected chi connectivity index (χ1v) is 11.1. The molecule has 1 saturated carbocycles. The van der Waals surface area contributed by atoms with E-state index in [4.69, 9.17) is 14.4 Å². The number of aliphatic hydroxyl groups excluding tert-OH is 1. The lowest BCUT2D eigenvalue weighted by Crippen LogP contribution is -2.42. The summed E-state index contributed by atoms with van der Waals surface area (Å²) in [6.07, 6.45) is 3.35. The number of morpholine rings is 1. The van der Waals surface area contributed by atoms with Gasteiger partial charge in [-0.1, -0.05) is 11.2 Å². The summed E-state index contributed by atoms with van der Waals surface area (Å²) in [7, 11) is 0. The van der Waals surface area contributed by atoms with Crippen molar-refractivity contribution in [2.45, 2.75) is 24.9 Å². The summed E-state index contributed by atoms with van der Waals surface area (Å²) in [5, 5.41) is 16.6. The fraction of sp³-hybridized carbons (Fsp3) is 0.429. The van der Waals surface area contributed by atoms with Gasteiger partial charge in [-0.15, -0.1) is 11.3 Å². The number of hydrogen-bond donors (Lipinski definition) is 2. The van der Waals surface area contributed by atoms with E-state index in [1.807, 2.05) is 12.1 Å². The highest BCUT2D eigenvalue weighted by Gasteiger charge is 2.34. The van der Waals surface area contributed by atoms with Crippen molar-refractivity contribution in [3.8, 4) is 0 Å². The van der Waals surface area contributed by atoms with Gasteiger partial charge in [0.2, 0.25) is 0 Å². The van der Waals surface area contributed by atoms with Gasteiger partial charge in [0, 0.05) is 42.2 Å². The third kappa shape index (κ3) is 3.93. The van der Waals surface area contributed by atoms with Crippen LogP contribution in [0, 0.1) is 0 Å². The summed E-state index contributed by atoms with van der Waals surface area (Å²) in [5.41, 5.74) is 1.03. The molecule has 162 valence electrons. The quantitative estimate of drug-likeness (QED) is 0.600. The Kier molecular flexibility index (Phi) is 5.43. The predicted octanol–water partition coefficient (Wildman–Crippen LogP) is 2.10. The van der Waals surface area contributed by atoms with Gasteiger partial charge in [0.25, 0.3) is 11.8 Å². The third-order valence-corrected chi connectivity index (χ3v) is 6.64. The highest BCUT2D eigenvalue weighted by atomic mass is 32.1. The maximum Gasteiger partial charge on any atom is 0.276 e. The van der Waals surface area contributed by atoms with Crippen LogP contribution in [0.3, 0.4) is 0 Å². The standard InChI is InChI=1S/C21H22N4O5S/c26-8-6-22-19(27)18-17(13-2-1-5-23-20(13)31-18)16-11-25(7-9-29-16)21(28)14-10-15(30-24-14)12-3-4-12/h1-2,5,10,12,16,26H,3-4,6-9,11H2,(H,22,27)/t16-/m0/s1. The van der Waals surface area contributed by atoms with E-state index >= 15 is 0 Å². The molecule has 0 unspecified atom stereocenters. The molecule has 3 aromatic rings. The molecule has 9 nitrogen and oxygen atoms in total. The first-order chi connectivity index (χ1) is 15.2. The minimum atomic E-state index is -0.472. The number of amides is 2. The van der Waals surface area contributed by atoms with Gasteiger partial charge in [0.05, 0.1) is 19.8 Å². The van der Waals surface area contributed by atoms with Crippen LogP contribution < -0.4 is 5.32 Å². The molecule has 0 aromatic carbocycles. The predicted molar refractivity (Wildman–Crippen MR) is 112 cm³/mol. The zero-order valence-electron chi connectivity index (χ0n) is 16.7. The lowest BCUT2D eigenvalue weighted by atomic mass is 10.0. The Morgan fingerprint density at radius 3 is 3.03 bits per heavy atom. The minimum absolute atomic E-state index is 0.146. The van der Waals surface area contributed by atoms with Gasteiger partial charge in [0.1, 0.15) is 21.6 Å². The van der Waals surface area contributed by atoms with E-state index in [0.717, 1.165) is 34.4 Å². The fourth-order valence-corrected chi connectivity index (χ4v) is 4.92. The smallest absolute Gasteiger partial charge is 0.276 e. The van der Waals surface area contributed by atoms with E-state index in [-0.39, 0.29) is 25.0 Å². The zero-order chi connectivity index (χ0) is 21.4. The van der Waals surface area contributed by atoms with Crippen LogP contribution in [0.1, 0.15) is 56.3 Å². The second-order valence-electron chi connectivity index (χ2n) is 7.68. The molecule has 0 bridgehead atoms. The second kappa shape index (κ2) is 8.37. The van der Waals surface area contributed by atoms with E-state index in [1.165, 1.54) is 11.3 Å². The van der Waals surface area contributed by atoms with E-state index in [0.29, 0.717) is 36.2 Å². The van der Waals surface area contributed by atoms with Crippen LogP contribution >= 0.6 is 11.3 Å². The Morgan fingerprint density at radius 2 is 2.23 bits per heavy atom. The SMILES string of the molecule is O=C(NCCO)c1sc2ncccc2c1[C@@H]1CN(C(=O)c2cc(C3CC3)on2)CCO1. The number of aromatic nitrogens is 2. The molecule has 2 aliphatic rings. The zero-order valence-corrected chi connectivity index (χ0v) is 17.6. The maximum atomic E-state index is 13.0. The Hall–Kier alpha value is -2.82. The summed E-state index contributed by atoms with van der Waals surface area (Å²) in [5.74, 6) is 0.666. The largest absolute Gasteiger partial charge is 0.395 e. The van der Waals surface area contributed by atoms with Crippen LogP contribution in [-0.4, -0.2) is 64.8 Å². The van der Waals surface area contributed by atoms with Crippen LogP contribution in [0.15, 0.2) is 28.9 Å². The van der Waals surface area contributed by atoms with Crippen LogP contribution in [0.4, 0.5) is 0 Å². The molecule has 10 heteroatoms. The monoisotopic (exact) mass is 442 g/mol. The molecule has 4 heterocycles. The summed E-state index contributed by atoms with van der Waals surface area (Å²) in [4.78, 5) is 33.1. The molecular weight excluding hydrogens is 420 g/mol. The van der Waals surface area contributed by atoms with Gasteiger partial charge in [-0.2, -0.15) is 0 Å². The number of hydrogen-bond acceptors (Lipinski definition) is 8. The lowest BCUT2D eigenvalue weighted by molar-refractivity contribution is -0.0225. The molecule has 2 fully saturated rings. The number of carbonyl (C=O) groups is 2. The Balaban J connectivity index is 1.42. The number of fused-ring (bicyclic) bond motifs is 1. The molecule has 0 spiro atoms. The Bertz CT molecular complexity index is 1120. The van der Waals surface area contributed by atoms with Crippen LogP contribution in [-0.2, 0) is 4.74 Å². The van der Waals surface area contributed by atoms with E-state index < -0.39 is 6.10 Å². The third-order valence-electron chi connectivity index (χ3n) is 5.51. The molecule has 1 aliphatic heterocycles. The van der Waals surface area contributed by atoms with Gasteiger partial charge < -0.3 is 24.6 Å². The molecule has 1 saturated heterocycles. The summed E-state index contributed by atoms with van der Waals surface area (Å²) >= 11 is 1.28. The number of aliphatic hydroxyl groups is 1. The average molecular weight is 442 g/mol. The van der Waals surface area contributed by atoms with Gasteiger partial charge in [0.15, 0.2) is 5.69 Å². The second-order valence-corrected chi connectivity index (χ2v) is 8.68. The number of pyridine rings is 1. The normalized spacial score (nSPS) is 19.0. The highest BCUT2D eigenvalue weighted by Crippen LogP contribution is 2.40. The van der Waals surface area contributed by atoms with Crippen LogP contribution in [0.5, 0.6) is 0 Å². The van der Waals surface area contributed by atoms with E-state index in [2.05, 4.69) is 15.5 Å². The van der Waals surface area contributed by atoms with Crippen molar-refractivity contribution in [3.05, 3.63) is 46.3 Å². The molecule has 0 radical (unpaired) electrons. The van der Waals surface area contributed by atoms with Crippen molar-refractivity contribution >= 4 is 33.4 Å². The van der Waals surface area contributed by atoms with Crippen LogP contribution in [0.2, 0.25) is 0 Å². The summed E-state index contributed by atoms with van der Waals surface area (Å²) in [6, 6.07) is 5.46. The minimum Gasteiger partial charge on any atom is -0.395 e. The first-order valence-electron chi connectivity index (χ1n) is 10.3. The number of carbonyl (C=O) groups excluding carboxylic acids is 2. The van der Waals surface area contributed by atoms with Crippen molar-refractivity contribution in [3.63, 3.8) is 0 Å². The van der Waals surface area contributed by atoms with Gasteiger partial charge in [-0.3, -0.25) is 9.59 Å². The molecular formula is C21H22N4O5S. The van der Waals surface area contributed by atoms with Crippen molar-refractivity contribution in [1.82, 2.24) is 20.4 Å². The Labute approximate surface area is 182 Å². The van der Waals surface area contributed by atoms with Gasteiger partial charge >= 0.3 is 0 Å². The highest BCUT2D eigenvalue weighted by molar-refractivity contribution is 7.20. The van der Waals surface area contributed by atoms with Crippen molar-refractivity contribution in [2.24, 2.45) is 0 Å². The molecule has 2 amide bonds. The lowest BCUT2D eigenvalue weighted by Gasteiger charge is -2.33. The maximum absolute atomic E-state index is 13.0. The molecule has 1 aliphatic carbocycles. The molecule has 31 heavy (non-hydrogen) atoms. The molecule has 3 aromatic heterocycles. The molecule has 2 N–H and O–H groups in total. The van der Waals surface area contributed by atoms with E-state index in [9.17, 15) is 9.59 Å². The average Bonchev–Trinajstić information content (AvgIpc) is 3.40. The Morgan fingerprint density at radius 1 is 1.35 bits per heavy atom. The van der Waals surface area contributed by atoms with Gasteiger partial charge in [-0.25, -0.2) is 4.98 Å². The number of nitrogens with zero attached hydrogens (tertiary/aromatic N) is 3. The number of rotatable bonds is 6. The van der Waals surface area contributed by atoms with Crippen molar-refractivity contribution in [1.29, 1.82) is 0 Å². The summed E-state index contributed by atoms with van der Waals surface area (Å²) < 4.78 is 11.3.